The highest BCUT2D eigenvalue weighted by Crippen LogP contribution is 2.43. The largest absolute Gasteiger partial charge is 0.444 e. The summed E-state index contributed by atoms with van der Waals surface area (Å²) in [6.07, 6.45) is -0.615. The Kier molecular flexibility index (Phi) is 8.38. The third-order valence-corrected chi connectivity index (χ3v) is 6.72. The van der Waals surface area contributed by atoms with Crippen molar-refractivity contribution in [3.8, 4) is 22.3 Å². The second-order valence-corrected chi connectivity index (χ2v) is 10.8. The van der Waals surface area contributed by atoms with Gasteiger partial charge in [-0.1, -0.05) is 60.7 Å². The fourth-order valence-electron chi connectivity index (χ4n) is 5.01. The van der Waals surface area contributed by atoms with Gasteiger partial charge in [0.05, 0.1) is 11.1 Å². The first kappa shape index (κ1) is 28.5. The normalized spacial score (nSPS) is 12.8. The lowest BCUT2D eigenvalue weighted by Gasteiger charge is -2.19. The van der Waals surface area contributed by atoms with E-state index in [1.165, 1.54) is 0 Å². The zero-order valence-corrected chi connectivity index (χ0v) is 23.6. The van der Waals surface area contributed by atoms with E-state index in [4.69, 9.17) is 4.74 Å². The van der Waals surface area contributed by atoms with Gasteiger partial charge in [-0.3, -0.25) is 19.3 Å². The van der Waals surface area contributed by atoms with Crippen LogP contribution in [0.15, 0.2) is 60.7 Å². The Morgan fingerprint density at radius 2 is 1.18 bits per heavy atom. The fourth-order valence-corrected chi connectivity index (χ4v) is 5.01. The lowest BCUT2D eigenvalue weighted by atomic mass is 9.82. The van der Waals surface area contributed by atoms with Gasteiger partial charge in [0.1, 0.15) is 5.60 Å². The van der Waals surface area contributed by atoms with Crippen LogP contribution >= 0.6 is 0 Å². The molecule has 2 N–H and O–H groups in total. The van der Waals surface area contributed by atoms with E-state index in [0.29, 0.717) is 11.1 Å². The maximum Gasteiger partial charge on any atom is 0.407 e. The summed E-state index contributed by atoms with van der Waals surface area (Å²) in [5, 5.41) is 5.27. The van der Waals surface area contributed by atoms with Crippen molar-refractivity contribution >= 4 is 23.8 Å². The van der Waals surface area contributed by atoms with E-state index >= 15 is 0 Å². The lowest BCUT2D eigenvalue weighted by Crippen LogP contribution is -2.39. The van der Waals surface area contributed by atoms with Gasteiger partial charge in [-0.15, -0.1) is 0 Å². The monoisotopic (exact) mass is 541 g/mol. The second kappa shape index (κ2) is 11.7. The molecule has 0 saturated heterocycles. The Hall–Kier alpha value is -4.46. The van der Waals surface area contributed by atoms with Crippen molar-refractivity contribution in [1.82, 2.24) is 15.5 Å². The van der Waals surface area contributed by atoms with Crippen molar-refractivity contribution in [3.05, 3.63) is 82.9 Å². The molecule has 0 bridgehead atoms. The van der Waals surface area contributed by atoms with Crippen LogP contribution in [0.1, 0.15) is 59.0 Å². The first-order chi connectivity index (χ1) is 19.0. The van der Waals surface area contributed by atoms with Crippen molar-refractivity contribution in [1.29, 1.82) is 0 Å². The van der Waals surface area contributed by atoms with Crippen molar-refractivity contribution < 1.29 is 23.9 Å². The van der Waals surface area contributed by atoms with Gasteiger partial charge in [-0.05, 0) is 68.0 Å². The lowest BCUT2D eigenvalue weighted by molar-refractivity contribution is -0.121. The van der Waals surface area contributed by atoms with Crippen molar-refractivity contribution in [2.75, 3.05) is 19.6 Å². The number of hydrogen-bond donors (Lipinski definition) is 2. The second-order valence-electron chi connectivity index (χ2n) is 10.8. The van der Waals surface area contributed by atoms with Crippen LogP contribution in [0.4, 0.5) is 4.79 Å². The molecule has 0 atom stereocenters. The predicted molar refractivity (Wildman–Crippen MR) is 154 cm³/mol. The molecule has 1 heterocycles. The Balaban J connectivity index is 1.52. The van der Waals surface area contributed by atoms with Crippen LogP contribution in [-0.4, -0.2) is 54.0 Å². The molecule has 0 unspecified atom stereocenters. The van der Waals surface area contributed by atoms with E-state index in [2.05, 4.69) is 10.6 Å². The van der Waals surface area contributed by atoms with Gasteiger partial charge in [-0.2, -0.15) is 0 Å². The number of benzene rings is 3. The Bertz CT molecular complexity index is 1360. The summed E-state index contributed by atoms with van der Waals surface area (Å²) >= 11 is 0. The maximum atomic E-state index is 13.6. The summed E-state index contributed by atoms with van der Waals surface area (Å²) in [5.41, 5.74) is 5.41. The van der Waals surface area contributed by atoms with Gasteiger partial charge in [0.25, 0.3) is 11.8 Å². The van der Waals surface area contributed by atoms with E-state index in [1.807, 2.05) is 74.5 Å². The summed E-state index contributed by atoms with van der Waals surface area (Å²) < 4.78 is 5.16. The molecule has 0 fully saturated rings. The zero-order valence-electron chi connectivity index (χ0n) is 23.6. The minimum Gasteiger partial charge on any atom is -0.444 e. The standard InChI is InChI=1S/C32H35N3O5/c1-20-25(22-12-8-6-9-13-22)26(23-14-10-7-11-15-23)21(2)28-27(20)29(37)35(30(28)38)19-16-24(36)33-17-18-34-31(39)40-32(3,4)5/h6-15H,16-19H2,1-5H3,(H,33,36)(H,34,39). The van der Waals surface area contributed by atoms with Crippen LogP contribution in [0, 0.1) is 13.8 Å². The Labute approximate surface area is 234 Å². The van der Waals surface area contributed by atoms with Crippen molar-refractivity contribution in [2.24, 2.45) is 0 Å². The quantitative estimate of drug-likeness (QED) is 0.299. The summed E-state index contributed by atoms with van der Waals surface area (Å²) in [5.74, 6) is -1.11. The number of alkyl carbamates (subject to hydrolysis) is 1. The number of nitrogens with one attached hydrogen (secondary N) is 2. The Morgan fingerprint density at radius 1 is 0.725 bits per heavy atom. The van der Waals surface area contributed by atoms with Crippen LogP contribution in [0.2, 0.25) is 0 Å². The molecule has 1 aliphatic rings. The molecule has 0 saturated carbocycles. The molecule has 4 amide bonds. The van der Waals surface area contributed by atoms with E-state index in [-0.39, 0.29) is 32.0 Å². The number of carbonyl (C=O) groups excluding carboxylic acids is 4. The van der Waals surface area contributed by atoms with E-state index < -0.39 is 23.5 Å². The molecule has 0 radical (unpaired) electrons. The summed E-state index contributed by atoms with van der Waals surface area (Å²) in [7, 11) is 0. The first-order valence-corrected chi connectivity index (χ1v) is 13.4. The number of nitrogens with zero attached hydrogens (tertiary/aromatic N) is 1. The number of ether oxygens (including phenoxy) is 1. The smallest absolute Gasteiger partial charge is 0.407 e. The zero-order chi connectivity index (χ0) is 29.0. The number of carbonyl (C=O) groups is 4. The van der Waals surface area contributed by atoms with Gasteiger partial charge in [0.2, 0.25) is 5.91 Å². The van der Waals surface area contributed by atoms with E-state index in [9.17, 15) is 19.2 Å². The molecule has 8 heteroatoms. The van der Waals surface area contributed by atoms with Crippen molar-refractivity contribution in [3.63, 3.8) is 0 Å². The number of imide groups is 1. The first-order valence-electron chi connectivity index (χ1n) is 13.4. The average molecular weight is 542 g/mol. The molecule has 3 aromatic rings. The molecular formula is C32H35N3O5. The molecule has 40 heavy (non-hydrogen) atoms. The third-order valence-electron chi connectivity index (χ3n) is 6.72. The van der Waals surface area contributed by atoms with Crippen LogP contribution in [-0.2, 0) is 9.53 Å². The minimum absolute atomic E-state index is 0.0438. The number of hydrogen-bond acceptors (Lipinski definition) is 5. The molecule has 0 aliphatic carbocycles. The average Bonchev–Trinajstić information content (AvgIpc) is 3.17. The molecular weight excluding hydrogens is 506 g/mol. The highest BCUT2D eigenvalue weighted by molar-refractivity contribution is 6.24. The van der Waals surface area contributed by atoms with Gasteiger partial charge < -0.3 is 15.4 Å². The number of amides is 4. The molecule has 0 aromatic heterocycles. The van der Waals surface area contributed by atoms with Crippen LogP contribution in [0.25, 0.3) is 22.3 Å². The van der Waals surface area contributed by atoms with Gasteiger partial charge in [-0.25, -0.2) is 4.79 Å². The van der Waals surface area contributed by atoms with Crippen LogP contribution in [0.5, 0.6) is 0 Å². The minimum atomic E-state index is -0.611. The van der Waals surface area contributed by atoms with Crippen LogP contribution < -0.4 is 10.6 Å². The molecule has 208 valence electrons. The topological polar surface area (TPSA) is 105 Å². The molecule has 3 aromatic carbocycles. The van der Waals surface area contributed by atoms with Crippen LogP contribution in [0.3, 0.4) is 0 Å². The SMILES string of the molecule is Cc1c2c(c(C)c(-c3ccccc3)c1-c1ccccc1)C(=O)N(CCC(=O)NCCNC(=O)OC(C)(C)C)C2=O. The predicted octanol–water partition coefficient (Wildman–Crippen LogP) is 5.26. The van der Waals surface area contributed by atoms with E-state index in [1.54, 1.807) is 20.8 Å². The molecule has 8 nitrogen and oxygen atoms in total. The summed E-state index contributed by atoms with van der Waals surface area (Å²) in [6.45, 7) is 9.40. The van der Waals surface area contributed by atoms with Gasteiger partial charge >= 0.3 is 6.09 Å². The highest BCUT2D eigenvalue weighted by atomic mass is 16.6. The van der Waals surface area contributed by atoms with Crippen molar-refractivity contribution in [2.45, 2.75) is 46.6 Å². The molecule has 0 spiro atoms. The summed E-state index contributed by atoms with van der Waals surface area (Å²) in [6, 6.07) is 19.7. The number of fused-ring (bicyclic) bond motifs is 1. The maximum absolute atomic E-state index is 13.6. The highest BCUT2D eigenvalue weighted by Gasteiger charge is 2.40. The van der Waals surface area contributed by atoms with Gasteiger partial charge in [0.15, 0.2) is 0 Å². The number of rotatable bonds is 8. The third kappa shape index (κ3) is 6.06. The Morgan fingerprint density at radius 3 is 1.62 bits per heavy atom. The van der Waals surface area contributed by atoms with Gasteiger partial charge in [0, 0.05) is 26.1 Å². The summed E-state index contributed by atoms with van der Waals surface area (Å²) in [4.78, 5) is 52.5. The fraction of sp³-hybridized carbons (Fsp3) is 0.312. The molecule has 1 aliphatic heterocycles. The molecule has 4 rings (SSSR count). The van der Waals surface area contributed by atoms with E-state index in [0.717, 1.165) is 38.3 Å².